The van der Waals surface area contributed by atoms with Gasteiger partial charge in [0.05, 0.1) is 5.54 Å². The van der Waals surface area contributed by atoms with E-state index in [1.54, 1.807) is 0 Å². The Labute approximate surface area is 103 Å². The SMILES string of the molecule is O=CN1CCCC[C@]12CCCc1ccccc12. The minimum absolute atomic E-state index is 0.0227. The molecule has 0 radical (unpaired) electrons. The van der Waals surface area contributed by atoms with E-state index in [4.69, 9.17) is 0 Å². The Morgan fingerprint density at radius 2 is 1.94 bits per heavy atom. The van der Waals surface area contributed by atoms with Crippen molar-refractivity contribution in [3.05, 3.63) is 35.4 Å². The first-order valence-electron chi connectivity index (χ1n) is 6.67. The minimum atomic E-state index is 0.0227. The van der Waals surface area contributed by atoms with Crippen LogP contribution in [-0.4, -0.2) is 17.9 Å². The summed E-state index contributed by atoms with van der Waals surface area (Å²) in [6.07, 6.45) is 8.14. The van der Waals surface area contributed by atoms with E-state index < -0.39 is 0 Å². The van der Waals surface area contributed by atoms with E-state index in [1.165, 1.54) is 30.4 Å². The maximum absolute atomic E-state index is 11.4. The first-order valence-corrected chi connectivity index (χ1v) is 6.67. The molecular formula is C15H19NO. The second-order valence-corrected chi connectivity index (χ2v) is 5.30. The number of aryl methyl sites for hydroxylation is 1. The largest absolute Gasteiger partial charge is 0.336 e. The number of benzene rings is 1. The summed E-state index contributed by atoms with van der Waals surface area (Å²) in [6, 6.07) is 8.69. The van der Waals surface area contributed by atoms with Crippen LogP contribution >= 0.6 is 0 Å². The molecule has 0 aromatic heterocycles. The van der Waals surface area contributed by atoms with Crippen molar-refractivity contribution in [2.45, 2.75) is 44.1 Å². The molecule has 1 aliphatic carbocycles. The lowest BCUT2D eigenvalue weighted by molar-refractivity contribution is -0.127. The zero-order valence-electron chi connectivity index (χ0n) is 10.2. The van der Waals surface area contributed by atoms with E-state index in [2.05, 4.69) is 29.2 Å². The average molecular weight is 229 g/mol. The normalized spacial score (nSPS) is 27.9. The number of carbonyl (C=O) groups is 1. The van der Waals surface area contributed by atoms with Gasteiger partial charge in [-0.05, 0) is 49.7 Å². The van der Waals surface area contributed by atoms with Gasteiger partial charge in [0, 0.05) is 6.54 Å². The lowest BCUT2D eigenvalue weighted by atomic mass is 9.71. The van der Waals surface area contributed by atoms with Gasteiger partial charge in [0.2, 0.25) is 6.41 Å². The van der Waals surface area contributed by atoms with E-state index in [1.807, 2.05) is 0 Å². The molecule has 1 aromatic carbocycles. The van der Waals surface area contributed by atoms with Gasteiger partial charge in [-0.15, -0.1) is 0 Å². The molecule has 0 saturated carbocycles. The highest BCUT2D eigenvalue weighted by atomic mass is 16.1. The summed E-state index contributed by atoms with van der Waals surface area (Å²) < 4.78 is 0. The molecule has 17 heavy (non-hydrogen) atoms. The maximum atomic E-state index is 11.4. The number of fused-ring (bicyclic) bond motifs is 2. The molecule has 2 aliphatic rings. The third-order valence-corrected chi connectivity index (χ3v) is 4.47. The fourth-order valence-electron chi connectivity index (χ4n) is 3.67. The van der Waals surface area contributed by atoms with Crippen LogP contribution in [0.25, 0.3) is 0 Å². The maximum Gasteiger partial charge on any atom is 0.210 e. The molecule has 0 bridgehead atoms. The fraction of sp³-hybridized carbons (Fsp3) is 0.533. The highest BCUT2D eigenvalue weighted by molar-refractivity contribution is 5.52. The average Bonchev–Trinajstić information content (AvgIpc) is 2.40. The molecule has 90 valence electrons. The molecule has 1 saturated heterocycles. The van der Waals surface area contributed by atoms with Crippen LogP contribution < -0.4 is 0 Å². The molecule has 1 spiro atoms. The number of carbonyl (C=O) groups excluding carboxylic acids is 1. The molecule has 1 heterocycles. The Hall–Kier alpha value is -1.31. The molecule has 1 aromatic rings. The van der Waals surface area contributed by atoms with Gasteiger partial charge in [0.1, 0.15) is 0 Å². The Bertz CT molecular complexity index is 429. The zero-order valence-corrected chi connectivity index (χ0v) is 10.2. The fourth-order valence-corrected chi connectivity index (χ4v) is 3.67. The van der Waals surface area contributed by atoms with Gasteiger partial charge >= 0.3 is 0 Å². The number of hydrogen-bond donors (Lipinski definition) is 0. The van der Waals surface area contributed by atoms with Gasteiger partial charge in [-0.25, -0.2) is 0 Å². The number of nitrogens with zero attached hydrogens (tertiary/aromatic N) is 1. The smallest absolute Gasteiger partial charge is 0.210 e. The summed E-state index contributed by atoms with van der Waals surface area (Å²) in [6.45, 7) is 0.928. The molecule has 2 heteroatoms. The molecule has 1 aliphatic heterocycles. The first-order chi connectivity index (χ1) is 8.37. The van der Waals surface area contributed by atoms with Gasteiger partial charge in [0.25, 0.3) is 0 Å². The summed E-state index contributed by atoms with van der Waals surface area (Å²) >= 11 is 0. The summed E-state index contributed by atoms with van der Waals surface area (Å²) in [4.78, 5) is 13.4. The van der Waals surface area contributed by atoms with Crippen molar-refractivity contribution in [1.29, 1.82) is 0 Å². The summed E-state index contributed by atoms with van der Waals surface area (Å²) in [5.41, 5.74) is 2.89. The standard InChI is InChI=1S/C15H19NO/c17-12-16-11-4-3-9-15(16)10-5-7-13-6-1-2-8-14(13)15/h1-2,6,8,12H,3-5,7,9-11H2/t15-/m1/s1. The third kappa shape index (κ3) is 1.58. The predicted molar refractivity (Wildman–Crippen MR) is 67.7 cm³/mol. The molecule has 1 atom stereocenters. The number of piperidine rings is 1. The number of likely N-dealkylation sites (tertiary alicyclic amines) is 1. The zero-order chi connectivity index (χ0) is 11.7. The number of amides is 1. The van der Waals surface area contributed by atoms with E-state index in [0.717, 1.165) is 32.2 Å². The van der Waals surface area contributed by atoms with Crippen molar-refractivity contribution in [3.8, 4) is 0 Å². The quantitative estimate of drug-likeness (QED) is 0.678. The molecule has 1 fully saturated rings. The van der Waals surface area contributed by atoms with Crippen LogP contribution in [-0.2, 0) is 16.8 Å². The van der Waals surface area contributed by atoms with Crippen molar-refractivity contribution in [2.75, 3.05) is 6.54 Å². The molecule has 3 rings (SSSR count). The van der Waals surface area contributed by atoms with Crippen LogP contribution in [0.3, 0.4) is 0 Å². The second kappa shape index (κ2) is 4.17. The monoisotopic (exact) mass is 229 g/mol. The lowest BCUT2D eigenvalue weighted by Crippen LogP contribution is -2.50. The van der Waals surface area contributed by atoms with E-state index in [-0.39, 0.29) is 5.54 Å². The molecule has 0 unspecified atom stereocenters. The molecule has 0 N–H and O–H groups in total. The van der Waals surface area contributed by atoms with Crippen molar-refractivity contribution < 1.29 is 4.79 Å². The van der Waals surface area contributed by atoms with Crippen molar-refractivity contribution in [1.82, 2.24) is 4.90 Å². The third-order valence-electron chi connectivity index (χ3n) is 4.47. The van der Waals surface area contributed by atoms with E-state index in [0.29, 0.717) is 0 Å². The van der Waals surface area contributed by atoms with Crippen molar-refractivity contribution in [3.63, 3.8) is 0 Å². The highest BCUT2D eigenvalue weighted by Crippen LogP contribution is 2.45. The van der Waals surface area contributed by atoms with Gasteiger partial charge in [-0.3, -0.25) is 4.79 Å². The minimum Gasteiger partial charge on any atom is -0.336 e. The Balaban J connectivity index is 2.10. The summed E-state index contributed by atoms with van der Waals surface area (Å²) in [7, 11) is 0. The van der Waals surface area contributed by atoms with Crippen LogP contribution in [0.4, 0.5) is 0 Å². The van der Waals surface area contributed by atoms with Crippen molar-refractivity contribution in [2.24, 2.45) is 0 Å². The topological polar surface area (TPSA) is 20.3 Å². The van der Waals surface area contributed by atoms with Crippen LogP contribution in [0.2, 0.25) is 0 Å². The van der Waals surface area contributed by atoms with Gasteiger partial charge in [-0.1, -0.05) is 24.3 Å². The van der Waals surface area contributed by atoms with E-state index in [9.17, 15) is 4.79 Å². The molecule has 1 amide bonds. The lowest BCUT2D eigenvalue weighted by Gasteiger charge is -2.49. The first kappa shape index (κ1) is 10.8. The van der Waals surface area contributed by atoms with Crippen molar-refractivity contribution >= 4 is 6.41 Å². The Morgan fingerprint density at radius 3 is 2.82 bits per heavy atom. The number of hydrogen-bond acceptors (Lipinski definition) is 1. The summed E-state index contributed by atoms with van der Waals surface area (Å²) in [5.74, 6) is 0. The van der Waals surface area contributed by atoms with Gasteiger partial charge in [0.15, 0.2) is 0 Å². The predicted octanol–water partition coefficient (Wildman–Crippen LogP) is 2.86. The second-order valence-electron chi connectivity index (χ2n) is 5.30. The summed E-state index contributed by atoms with van der Waals surface area (Å²) in [5, 5.41) is 0. The highest BCUT2D eigenvalue weighted by Gasteiger charge is 2.42. The van der Waals surface area contributed by atoms with Crippen LogP contribution in [0.15, 0.2) is 24.3 Å². The van der Waals surface area contributed by atoms with Crippen LogP contribution in [0, 0.1) is 0 Å². The Kier molecular flexibility index (Phi) is 2.65. The van der Waals surface area contributed by atoms with Gasteiger partial charge in [-0.2, -0.15) is 0 Å². The molecular weight excluding hydrogens is 210 g/mol. The Morgan fingerprint density at radius 1 is 1.12 bits per heavy atom. The van der Waals surface area contributed by atoms with Crippen LogP contribution in [0.5, 0.6) is 0 Å². The number of rotatable bonds is 1. The van der Waals surface area contributed by atoms with Gasteiger partial charge < -0.3 is 4.90 Å². The van der Waals surface area contributed by atoms with Crippen LogP contribution in [0.1, 0.15) is 43.2 Å². The van der Waals surface area contributed by atoms with E-state index >= 15 is 0 Å². The molecule has 2 nitrogen and oxygen atoms in total.